The smallest absolute Gasteiger partial charge is 0.307 e. The Hall–Kier alpha value is -1.43. The van der Waals surface area contributed by atoms with Crippen LogP contribution < -0.4 is 5.32 Å². The van der Waals surface area contributed by atoms with Crippen molar-refractivity contribution in [2.45, 2.75) is 6.42 Å². The number of esters is 1. The van der Waals surface area contributed by atoms with E-state index in [1.54, 1.807) is 0 Å². The summed E-state index contributed by atoms with van der Waals surface area (Å²) in [6.45, 7) is 0.147. The van der Waals surface area contributed by atoms with Crippen LogP contribution in [0.4, 0.5) is 4.39 Å². The molecule has 0 spiro atoms. The van der Waals surface area contributed by atoms with Crippen LogP contribution in [0.5, 0.6) is 0 Å². The van der Waals surface area contributed by atoms with Gasteiger partial charge in [0.05, 0.1) is 19.1 Å². The normalized spacial score (nSPS) is 9.82. The van der Waals surface area contributed by atoms with Gasteiger partial charge in [-0.2, -0.15) is 0 Å². The lowest BCUT2D eigenvalue weighted by Crippen LogP contribution is -2.26. The van der Waals surface area contributed by atoms with Crippen LogP contribution in [0, 0.1) is 5.82 Å². The number of hydrogen-bond donors (Lipinski definition) is 1. The van der Waals surface area contributed by atoms with E-state index < -0.39 is 17.7 Å². The minimum Gasteiger partial charge on any atom is -0.469 e. The summed E-state index contributed by atoms with van der Waals surface area (Å²) in [5.41, 5.74) is 0.190. The first-order valence-electron chi connectivity index (χ1n) is 4.84. The number of methoxy groups -OCH3 is 1. The zero-order valence-corrected chi connectivity index (χ0v) is 10.7. The van der Waals surface area contributed by atoms with Crippen LogP contribution in [-0.2, 0) is 9.53 Å². The summed E-state index contributed by atoms with van der Waals surface area (Å²) in [4.78, 5) is 22.4. The van der Waals surface area contributed by atoms with Gasteiger partial charge in [-0.15, -0.1) is 0 Å². The molecule has 92 valence electrons. The molecule has 0 heterocycles. The number of nitrogens with one attached hydrogen (secondary N) is 1. The van der Waals surface area contributed by atoms with Crippen LogP contribution in [0.25, 0.3) is 0 Å². The van der Waals surface area contributed by atoms with Crippen molar-refractivity contribution in [2.24, 2.45) is 0 Å². The SMILES string of the molecule is COC(=O)CCNC(=O)c1cc(F)ccc1Br. The van der Waals surface area contributed by atoms with E-state index in [1.165, 1.54) is 19.2 Å². The fourth-order valence-corrected chi connectivity index (χ4v) is 1.57. The highest BCUT2D eigenvalue weighted by Crippen LogP contribution is 2.17. The highest BCUT2D eigenvalue weighted by Gasteiger charge is 2.11. The summed E-state index contributed by atoms with van der Waals surface area (Å²) < 4.78 is 17.9. The molecule has 0 fully saturated rings. The van der Waals surface area contributed by atoms with E-state index in [0.717, 1.165) is 6.07 Å². The molecule has 0 saturated heterocycles. The van der Waals surface area contributed by atoms with E-state index in [0.29, 0.717) is 4.47 Å². The van der Waals surface area contributed by atoms with Gasteiger partial charge in [0.1, 0.15) is 5.82 Å². The molecule has 0 aromatic heterocycles. The van der Waals surface area contributed by atoms with Crippen molar-refractivity contribution in [3.05, 3.63) is 34.1 Å². The Morgan fingerprint density at radius 1 is 1.47 bits per heavy atom. The number of carbonyl (C=O) groups excluding carboxylic acids is 2. The predicted molar refractivity (Wildman–Crippen MR) is 63.1 cm³/mol. The van der Waals surface area contributed by atoms with Crippen LogP contribution >= 0.6 is 15.9 Å². The number of amides is 1. The number of benzene rings is 1. The number of halogens is 2. The van der Waals surface area contributed by atoms with Crippen LogP contribution in [-0.4, -0.2) is 25.5 Å². The van der Waals surface area contributed by atoms with Crippen LogP contribution in [0.15, 0.2) is 22.7 Å². The van der Waals surface area contributed by atoms with Crippen molar-refractivity contribution in [1.82, 2.24) is 5.32 Å². The third kappa shape index (κ3) is 4.14. The molecule has 1 rings (SSSR count). The van der Waals surface area contributed by atoms with Crippen molar-refractivity contribution in [2.75, 3.05) is 13.7 Å². The number of rotatable bonds is 4. The first-order chi connectivity index (χ1) is 8.04. The third-order valence-electron chi connectivity index (χ3n) is 2.02. The van der Waals surface area contributed by atoms with E-state index >= 15 is 0 Å². The fourth-order valence-electron chi connectivity index (χ4n) is 1.15. The molecule has 0 saturated carbocycles. The molecule has 17 heavy (non-hydrogen) atoms. The topological polar surface area (TPSA) is 55.4 Å². The average molecular weight is 304 g/mol. The lowest BCUT2D eigenvalue weighted by atomic mass is 10.2. The van der Waals surface area contributed by atoms with Gasteiger partial charge >= 0.3 is 5.97 Å². The second-order valence-corrected chi connectivity index (χ2v) is 4.06. The zero-order chi connectivity index (χ0) is 12.8. The summed E-state index contributed by atoms with van der Waals surface area (Å²) in [6.07, 6.45) is 0.0785. The summed E-state index contributed by atoms with van der Waals surface area (Å²) in [5.74, 6) is -1.35. The van der Waals surface area contributed by atoms with Crippen molar-refractivity contribution in [1.29, 1.82) is 0 Å². The summed E-state index contributed by atoms with van der Waals surface area (Å²) >= 11 is 3.15. The molecule has 0 bridgehead atoms. The number of hydrogen-bond acceptors (Lipinski definition) is 3. The Bertz CT molecular complexity index is 437. The van der Waals surface area contributed by atoms with Crippen LogP contribution in [0.3, 0.4) is 0 Å². The van der Waals surface area contributed by atoms with Gasteiger partial charge in [-0.3, -0.25) is 9.59 Å². The van der Waals surface area contributed by atoms with E-state index in [1.807, 2.05) is 0 Å². The van der Waals surface area contributed by atoms with Crippen molar-refractivity contribution in [3.63, 3.8) is 0 Å². The molecule has 1 amide bonds. The summed E-state index contributed by atoms with van der Waals surface area (Å²) in [5, 5.41) is 2.50. The monoisotopic (exact) mass is 303 g/mol. The number of ether oxygens (including phenoxy) is 1. The van der Waals surface area contributed by atoms with Gasteiger partial charge in [-0.05, 0) is 34.1 Å². The fraction of sp³-hybridized carbons (Fsp3) is 0.273. The minimum atomic E-state index is -0.494. The largest absolute Gasteiger partial charge is 0.469 e. The molecule has 1 N–H and O–H groups in total. The van der Waals surface area contributed by atoms with Crippen molar-refractivity contribution < 1.29 is 18.7 Å². The lowest BCUT2D eigenvalue weighted by molar-refractivity contribution is -0.140. The van der Waals surface area contributed by atoms with Gasteiger partial charge in [0.25, 0.3) is 5.91 Å². The average Bonchev–Trinajstić information content (AvgIpc) is 2.31. The molecule has 4 nitrogen and oxygen atoms in total. The molecule has 1 aromatic rings. The lowest BCUT2D eigenvalue weighted by Gasteiger charge is -2.06. The van der Waals surface area contributed by atoms with Gasteiger partial charge in [0.15, 0.2) is 0 Å². The maximum absolute atomic E-state index is 12.9. The highest BCUT2D eigenvalue weighted by molar-refractivity contribution is 9.10. The molecule has 6 heteroatoms. The molecule has 0 aliphatic carbocycles. The minimum absolute atomic E-state index is 0.0785. The molecule has 1 aromatic carbocycles. The second kappa shape index (κ2) is 6.34. The standard InChI is InChI=1S/C11H11BrFNO3/c1-17-10(15)4-5-14-11(16)8-6-7(13)2-3-9(8)12/h2-3,6H,4-5H2,1H3,(H,14,16). The van der Waals surface area contributed by atoms with Crippen molar-refractivity contribution in [3.8, 4) is 0 Å². The Balaban J connectivity index is 2.58. The van der Waals surface area contributed by atoms with Gasteiger partial charge in [0.2, 0.25) is 0 Å². The highest BCUT2D eigenvalue weighted by atomic mass is 79.9. The van der Waals surface area contributed by atoms with E-state index in [-0.39, 0.29) is 18.5 Å². The molecular weight excluding hydrogens is 293 g/mol. The third-order valence-corrected chi connectivity index (χ3v) is 2.71. The van der Waals surface area contributed by atoms with Crippen LogP contribution in [0.1, 0.15) is 16.8 Å². The Morgan fingerprint density at radius 2 is 2.18 bits per heavy atom. The first-order valence-corrected chi connectivity index (χ1v) is 5.64. The first kappa shape index (κ1) is 13.6. The summed E-state index contributed by atoms with van der Waals surface area (Å²) in [6, 6.07) is 3.82. The van der Waals surface area contributed by atoms with Gasteiger partial charge in [-0.25, -0.2) is 4.39 Å². The van der Waals surface area contributed by atoms with Gasteiger partial charge in [-0.1, -0.05) is 0 Å². The van der Waals surface area contributed by atoms with Crippen LogP contribution in [0.2, 0.25) is 0 Å². The molecule has 0 unspecified atom stereocenters. The molecule has 0 radical (unpaired) electrons. The van der Waals surface area contributed by atoms with Crippen molar-refractivity contribution >= 4 is 27.8 Å². The summed E-state index contributed by atoms with van der Waals surface area (Å²) in [7, 11) is 1.27. The van der Waals surface area contributed by atoms with E-state index in [9.17, 15) is 14.0 Å². The second-order valence-electron chi connectivity index (χ2n) is 3.21. The van der Waals surface area contributed by atoms with Gasteiger partial charge in [0, 0.05) is 11.0 Å². The zero-order valence-electron chi connectivity index (χ0n) is 9.13. The molecule has 0 atom stereocenters. The Labute approximate surface area is 106 Å². The Morgan fingerprint density at radius 3 is 2.82 bits per heavy atom. The Kier molecular flexibility index (Phi) is 5.09. The molecule has 0 aliphatic heterocycles. The molecule has 0 aliphatic rings. The molecular formula is C11H11BrFNO3. The number of carbonyl (C=O) groups is 2. The maximum atomic E-state index is 12.9. The van der Waals surface area contributed by atoms with E-state index in [2.05, 4.69) is 26.0 Å². The quantitative estimate of drug-likeness (QED) is 0.864. The van der Waals surface area contributed by atoms with E-state index in [4.69, 9.17) is 0 Å². The predicted octanol–water partition coefficient (Wildman–Crippen LogP) is 1.88. The van der Waals surface area contributed by atoms with Gasteiger partial charge < -0.3 is 10.1 Å². The maximum Gasteiger partial charge on any atom is 0.307 e.